The third kappa shape index (κ3) is 4.00. The monoisotopic (exact) mass is 123 g/mol. The Morgan fingerprint density at radius 3 is 2.17 bits per heavy atom. The van der Waals surface area contributed by atoms with Crippen molar-refractivity contribution < 1.29 is 16.0 Å². The molecular weight excluding hydrogens is 116 g/mol. The minimum absolute atomic E-state index is 1.75. The molecule has 1 heteroatoms. The first kappa shape index (κ1) is 6.00. The van der Waals surface area contributed by atoms with Crippen LogP contribution in [0.2, 0.25) is 0 Å². The van der Waals surface area contributed by atoms with E-state index < -0.39 is 0 Å². The molecule has 0 nitrogen and oxygen atoms in total. The quantitative estimate of drug-likeness (QED) is 0.367. The molecule has 0 heterocycles. The predicted molar refractivity (Wildman–Crippen MR) is 24.0 cm³/mol. The van der Waals surface area contributed by atoms with Gasteiger partial charge in [0.2, 0.25) is 0 Å². The van der Waals surface area contributed by atoms with Gasteiger partial charge in [0.05, 0.1) is 0 Å². The summed E-state index contributed by atoms with van der Waals surface area (Å²) < 4.78 is 0. The Morgan fingerprint density at radius 2 is 2.00 bits per heavy atom. The summed E-state index contributed by atoms with van der Waals surface area (Å²) in [5.74, 6) is 0. The Morgan fingerprint density at radius 1 is 1.33 bits per heavy atom. The molecule has 0 amide bonds. The summed E-state index contributed by atoms with van der Waals surface area (Å²) in [5.41, 5.74) is 0. The maximum atomic E-state index is 3.49. The fraction of sp³-hybridized carbons (Fsp3) is 0.200. The van der Waals surface area contributed by atoms with Crippen molar-refractivity contribution >= 4 is 0 Å². The number of hydrogen-bond donors (Lipinski definition) is 0. The van der Waals surface area contributed by atoms with Crippen LogP contribution in [0, 0.1) is 0 Å². The molecule has 0 rings (SSSR count). The number of rotatable bonds is 1. The van der Waals surface area contributed by atoms with Gasteiger partial charge < -0.3 is 0 Å². The molecule has 0 bridgehead atoms. The van der Waals surface area contributed by atoms with E-state index in [1.165, 1.54) is 0 Å². The van der Waals surface area contributed by atoms with E-state index in [1.54, 1.807) is 4.97 Å². The topological polar surface area (TPSA) is 0 Å². The first-order valence-corrected chi connectivity index (χ1v) is 2.42. The van der Waals surface area contributed by atoms with Gasteiger partial charge in [0, 0.05) is 0 Å². The van der Waals surface area contributed by atoms with Gasteiger partial charge in [0.25, 0.3) is 0 Å². The molecule has 0 aliphatic heterocycles. The summed E-state index contributed by atoms with van der Waals surface area (Å²) in [7, 11) is 0. The fourth-order valence-corrected chi connectivity index (χ4v) is 0.273. The standard InChI is InChI=1S/C5H7.Fe/c1-3-5-4-2;/h1,3-5H,2H3;. The van der Waals surface area contributed by atoms with Crippen molar-refractivity contribution in [1.29, 1.82) is 0 Å². The van der Waals surface area contributed by atoms with Gasteiger partial charge in [-0.3, -0.25) is 0 Å². The summed E-state index contributed by atoms with van der Waals surface area (Å²) >= 11 is 3.49. The average Bonchev–Trinajstić information content (AvgIpc) is 1.61. The molecule has 0 unspecified atom stereocenters. The summed E-state index contributed by atoms with van der Waals surface area (Å²) in [6, 6.07) is 0. The van der Waals surface area contributed by atoms with Gasteiger partial charge >= 0.3 is 46.1 Å². The van der Waals surface area contributed by atoms with Gasteiger partial charge in [0.15, 0.2) is 0 Å². The van der Waals surface area contributed by atoms with Gasteiger partial charge in [0.1, 0.15) is 0 Å². The second-order valence-electron chi connectivity index (χ2n) is 0.836. The van der Waals surface area contributed by atoms with Gasteiger partial charge in [-0.05, 0) is 0 Å². The zero-order valence-corrected chi connectivity index (χ0v) is 4.77. The van der Waals surface area contributed by atoms with Crippen LogP contribution in [0.5, 0.6) is 0 Å². The first-order valence-electron chi connectivity index (χ1n) is 1.78. The van der Waals surface area contributed by atoms with E-state index in [0.717, 1.165) is 0 Å². The van der Waals surface area contributed by atoms with Crippen molar-refractivity contribution in [3.8, 4) is 0 Å². The molecule has 0 aromatic rings. The third-order valence-electron chi connectivity index (χ3n) is 0.372. The van der Waals surface area contributed by atoms with Crippen LogP contribution in [-0.2, 0) is 16.0 Å². The van der Waals surface area contributed by atoms with Gasteiger partial charge in [-0.15, -0.1) is 0 Å². The normalized spacial score (nSPS) is 11.7. The van der Waals surface area contributed by atoms with E-state index >= 15 is 0 Å². The van der Waals surface area contributed by atoms with Crippen molar-refractivity contribution in [2.75, 3.05) is 0 Å². The van der Waals surface area contributed by atoms with E-state index in [-0.39, 0.29) is 0 Å². The van der Waals surface area contributed by atoms with Crippen LogP contribution in [-0.4, -0.2) is 0 Å². The summed E-state index contributed by atoms with van der Waals surface area (Å²) in [4.78, 5) is 1.75. The summed E-state index contributed by atoms with van der Waals surface area (Å²) in [5, 5.41) is 0. The molecule has 0 N–H and O–H groups in total. The molecule has 0 radical (unpaired) electrons. The minimum atomic E-state index is 1.75. The fourth-order valence-electron chi connectivity index (χ4n) is 0.150. The molecular formula is C5H7Fe. The molecule has 0 aromatic carbocycles. The Labute approximate surface area is 46.8 Å². The van der Waals surface area contributed by atoms with E-state index in [4.69, 9.17) is 0 Å². The van der Waals surface area contributed by atoms with Crippen LogP contribution in [0.25, 0.3) is 0 Å². The first-order chi connectivity index (χ1) is 2.91. The zero-order chi connectivity index (χ0) is 4.83. The summed E-state index contributed by atoms with van der Waals surface area (Å²) in [6.07, 6.45) is 5.79. The van der Waals surface area contributed by atoms with E-state index in [1.807, 2.05) is 25.2 Å². The second kappa shape index (κ2) is 5.00. The summed E-state index contributed by atoms with van der Waals surface area (Å²) in [6.45, 7) is 1.97. The van der Waals surface area contributed by atoms with Gasteiger partial charge in [-0.1, -0.05) is 0 Å². The predicted octanol–water partition coefficient (Wildman–Crippen LogP) is 1.62. The molecule has 0 aliphatic rings. The van der Waals surface area contributed by atoms with E-state index in [9.17, 15) is 0 Å². The second-order valence-corrected chi connectivity index (χ2v) is 1.20. The molecule has 0 saturated heterocycles. The van der Waals surface area contributed by atoms with Crippen LogP contribution < -0.4 is 0 Å². The number of hydrogen-bond acceptors (Lipinski definition) is 0. The van der Waals surface area contributed by atoms with Crippen molar-refractivity contribution in [1.82, 2.24) is 0 Å². The van der Waals surface area contributed by atoms with E-state index in [0.29, 0.717) is 0 Å². The van der Waals surface area contributed by atoms with Crippen LogP contribution >= 0.6 is 0 Å². The van der Waals surface area contributed by atoms with E-state index in [2.05, 4.69) is 16.0 Å². The molecule has 0 saturated carbocycles. The van der Waals surface area contributed by atoms with Crippen LogP contribution in [0.3, 0.4) is 0 Å². The molecule has 6 heavy (non-hydrogen) atoms. The maximum absolute atomic E-state index is 3.49. The molecule has 35 valence electrons. The van der Waals surface area contributed by atoms with Crippen molar-refractivity contribution in [3.05, 3.63) is 23.2 Å². The Balaban J connectivity index is 3.07. The van der Waals surface area contributed by atoms with Gasteiger partial charge in [-0.2, -0.15) is 0 Å². The zero-order valence-electron chi connectivity index (χ0n) is 3.66. The van der Waals surface area contributed by atoms with Crippen molar-refractivity contribution in [2.24, 2.45) is 0 Å². The average molecular weight is 123 g/mol. The van der Waals surface area contributed by atoms with Crippen molar-refractivity contribution in [2.45, 2.75) is 6.92 Å². The molecule has 0 fully saturated rings. The van der Waals surface area contributed by atoms with Crippen LogP contribution in [0.1, 0.15) is 6.92 Å². The van der Waals surface area contributed by atoms with Crippen molar-refractivity contribution in [3.63, 3.8) is 0 Å². The molecule has 0 aliphatic carbocycles. The Bertz CT molecular complexity index is 52.3. The number of allylic oxidation sites excluding steroid dienone is 3. The van der Waals surface area contributed by atoms with Crippen LogP contribution in [0.4, 0.5) is 0 Å². The Hall–Kier alpha value is -0.000519. The molecule has 0 aromatic heterocycles. The Kier molecular flexibility index (Phi) is 5.00. The molecule has 0 atom stereocenters. The SMILES string of the molecule is CC=CC=[CH][Fe]. The molecule has 0 spiro atoms. The third-order valence-corrected chi connectivity index (χ3v) is 0.584. The van der Waals surface area contributed by atoms with Crippen LogP contribution in [0.15, 0.2) is 23.2 Å². The van der Waals surface area contributed by atoms with Gasteiger partial charge in [-0.25, -0.2) is 0 Å².